The van der Waals surface area contributed by atoms with E-state index in [-0.39, 0.29) is 0 Å². The van der Waals surface area contributed by atoms with Gasteiger partial charge in [0.1, 0.15) is 5.75 Å². The third-order valence-electron chi connectivity index (χ3n) is 2.65. The molecule has 0 amide bonds. The van der Waals surface area contributed by atoms with Crippen molar-refractivity contribution in [3.05, 3.63) is 48.5 Å². The zero-order valence-corrected chi connectivity index (χ0v) is 12.4. The fourth-order valence-electron chi connectivity index (χ4n) is 1.58. The third-order valence-corrected chi connectivity index (χ3v) is 2.99. The SMILES string of the molecule is CN(C)c1ccc(N=Nc2ccc(OS(=O)O)cc2)cc1. The lowest BCUT2D eigenvalue weighted by molar-refractivity contribution is 0.458. The van der Waals surface area contributed by atoms with Crippen LogP contribution in [-0.2, 0) is 11.4 Å². The van der Waals surface area contributed by atoms with E-state index in [1.807, 2.05) is 43.3 Å². The summed E-state index contributed by atoms with van der Waals surface area (Å²) in [5.74, 6) is 0.296. The molecule has 1 N–H and O–H groups in total. The van der Waals surface area contributed by atoms with Gasteiger partial charge in [-0.2, -0.15) is 14.4 Å². The maximum atomic E-state index is 10.5. The van der Waals surface area contributed by atoms with Crippen LogP contribution in [0.4, 0.5) is 17.1 Å². The van der Waals surface area contributed by atoms with E-state index in [1.54, 1.807) is 24.3 Å². The highest BCUT2D eigenvalue weighted by Crippen LogP contribution is 2.23. The van der Waals surface area contributed by atoms with Gasteiger partial charge in [-0.1, -0.05) is 0 Å². The Morgan fingerprint density at radius 3 is 1.86 bits per heavy atom. The monoisotopic (exact) mass is 305 g/mol. The van der Waals surface area contributed by atoms with E-state index in [1.165, 1.54) is 0 Å². The minimum absolute atomic E-state index is 0.296. The van der Waals surface area contributed by atoms with Gasteiger partial charge < -0.3 is 9.08 Å². The van der Waals surface area contributed by atoms with Crippen molar-refractivity contribution >= 4 is 28.4 Å². The van der Waals surface area contributed by atoms with Crippen LogP contribution >= 0.6 is 0 Å². The average molecular weight is 305 g/mol. The lowest BCUT2D eigenvalue weighted by Gasteiger charge is -2.11. The first-order valence-corrected chi connectivity index (χ1v) is 7.16. The molecular formula is C14H15N3O3S. The standard InChI is InChI=1S/C14H15N3O3S/c1-17(2)13-7-3-11(4-8-13)15-16-12-5-9-14(10-6-12)20-21(18)19/h3-10H,1-2H3,(H,18,19). The molecule has 0 radical (unpaired) electrons. The minimum Gasteiger partial charge on any atom is -0.380 e. The van der Waals surface area contributed by atoms with Gasteiger partial charge in [0, 0.05) is 19.8 Å². The maximum absolute atomic E-state index is 10.5. The van der Waals surface area contributed by atoms with Gasteiger partial charge in [-0.25, -0.2) is 0 Å². The quantitative estimate of drug-likeness (QED) is 0.675. The zero-order chi connectivity index (χ0) is 15.2. The Bertz CT molecular complexity index is 640. The second-order valence-corrected chi connectivity index (χ2v) is 5.01. The zero-order valence-electron chi connectivity index (χ0n) is 11.6. The van der Waals surface area contributed by atoms with Gasteiger partial charge in [0.15, 0.2) is 0 Å². The number of anilines is 1. The molecule has 0 aliphatic heterocycles. The van der Waals surface area contributed by atoms with Gasteiger partial charge in [-0.05, 0) is 48.5 Å². The Labute approximate surface area is 125 Å². The summed E-state index contributed by atoms with van der Waals surface area (Å²) in [5, 5.41) is 8.21. The molecule has 0 saturated carbocycles. The molecule has 1 unspecified atom stereocenters. The summed E-state index contributed by atoms with van der Waals surface area (Å²) in [7, 11) is 3.94. The Morgan fingerprint density at radius 2 is 1.43 bits per heavy atom. The highest BCUT2D eigenvalue weighted by molar-refractivity contribution is 7.74. The summed E-state index contributed by atoms with van der Waals surface area (Å²) in [5.41, 5.74) is 2.47. The topological polar surface area (TPSA) is 74.5 Å². The molecule has 0 spiro atoms. The molecule has 0 bridgehead atoms. The first kappa shape index (κ1) is 15.1. The van der Waals surface area contributed by atoms with Crippen molar-refractivity contribution < 1.29 is 12.9 Å². The Hall–Kier alpha value is -2.25. The first-order valence-electron chi connectivity index (χ1n) is 6.13. The van der Waals surface area contributed by atoms with E-state index in [2.05, 4.69) is 14.4 Å². The molecule has 6 nitrogen and oxygen atoms in total. The van der Waals surface area contributed by atoms with E-state index in [0.29, 0.717) is 11.4 Å². The Kier molecular flexibility index (Phi) is 5.02. The van der Waals surface area contributed by atoms with Crippen molar-refractivity contribution in [1.82, 2.24) is 0 Å². The molecule has 2 aromatic carbocycles. The molecule has 0 aliphatic carbocycles. The molecular weight excluding hydrogens is 290 g/mol. The van der Waals surface area contributed by atoms with Crippen molar-refractivity contribution in [3.8, 4) is 5.75 Å². The number of benzene rings is 2. The number of hydrogen-bond acceptors (Lipinski definition) is 5. The van der Waals surface area contributed by atoms with Gasteiger partial charge >= 0.3 is 11.4 Å². The van der Waals surface area contributed by atoms with Crippen LogP contribution in [-0.4, -0.2) is 22.9 Å². The van der Waals surface area contributed by atoms with Crippen LogP contribution in [0.1, 0.15) is 0 Å². The normalized spacial score (nSPS) is 12.3. The second-order valence-electron chi connectivity index (χ2n) is 4.41. The molecule has 1 atom stereocenters. The highest BCUT2D eigenvalue weighted by atomic mass is 32.2. The minimum atomic E-state index is -2.32. The third kappa shape index (κ3) is 4.66. The van der Waals surface area contributed by atoms with E-state index in [4.69, 9.17) is 4.55 Å². The molecule has 0 fully saturated rings. The van der Waals surface area contributed by atoms with Crippen LogP contribution in [0.5, 0.6) is 5.75 Å². The number of nitrogens with zero attached hydrogens (tertiary/aromatic N) is 3. The molecule has 0 aliphatic rings. The van der Waals surface area contributed by atoms with Gasteiger partial charge in [0.2, 0.25) is 0 Å². The summed E-state index contributed by atoms with van der Waals surface area (Å²) >= 11 is -2.32. The maximum Gasteiger partial charge on any atom is 0.357 e. The molecule has 2 rings (SSSR count). The smallest absolute Gasteiger partial charge is 0.357 e. The molecule has 2 aromatic rings. The molecule has 0 saturated heterocycles. The number of azo groups is 1. The largest absolute Gasteiger partial charge is 0.380 e. The van der Waals surface area contributed by atoms with Crippen LogP contribution in [0.3, 0.4) is 0 Å². The summed E-state index contributed by atoms with van der Waals surface area (Å²) in [4.78, 5) is 2.00. The Morgan fingerprint density at radius 1 is 0.952 bits per heavy atom. The lowest BCUT2D eigenvalue weighted by atomic mass is 10.3. The number of rotatable bonds is 5. The van der Waals surface area contributed by atoms with Crippen molar-refractivity contribution in [2.45, 2.75) is 0 Å². The van der Waals surface area contributed by atoms with Crippen molar-refractivity contribution in [2.75, 3.05) is 19.0 Å². The molecule has 21 heavy (non-hydrogen) atoms. The van der Waals surface area contributed by atoms with Gasteiger partial charge in [-0.3, -0.25) is 4.55 Å². The molecule has 7 heteroatoms. The van der Waals surface area contributed by atoms with Crippen molar-refractivity contribution in [3.63, 3.8) is 0 Å². The molecule has 0 aromatic heterocycles. The van der Waals surface area contributed by atoms with Crippen molar-refractivity contribution in [2.24, 2.45) is 10.2 Å². The van der Waals surface area contributed by atoms with Gasteiger partial charge in [-0.15, -0.1) is 0 Å². The summed E-state index contributed by atoms with van der Waals surface area (Å²) in [6, 6.07) is 14.1. The predicted molar refractivity (Wildman–Crippen MR) is 82.8 cm³/mol. The summed E-state index contributed by atoms with van der Waals surface area (Å²) in [6.07, 6.45) is 0. The van der Waals surface area contributed by atoms with E-state index in [0.717, 1.165) is 11.4 Å². The summed E-state index contributed by atoms with van der Waals surface area (Å²) in [6.45, 7) is 0. The predicted octanol–water partition coefficient (Wildman–Crippen LogP) is 3.68. The van der Waals surface area contributed by atoms with Crippen LogP contribution in [0.25, 0.3) is 0 Å². The van der Waals surface area contributed by atoms with Crippen molar-refractivity contribution in [1.29, 1.82) is 0 Å². The molecule has 110 valence electrons. The lowest BCUT2D eigenvalue weighted by Crippen LogP contribution is -2.07. The second kappa shape index (κ2) is 6.96. The van der Waals surface area contributed by atoms with Gasteiger partial charge in [0.05, 0.1) is 11.4 Å². The van der Waals surface area contributed by atoms with E-state index < -0.39 is 11.4 Å². The Balaban J connectivity index is 2.05. The van der Waals surface area contributed by atoms with Crippen LogP contribution in [0, 0.1) is 0 Å². The summed E-state index contributed by atoms with van der Waals surface area (Å²) < 4.78 is 23.7. The first-order chi connectivity index (χ1) is 10.0. The van der Waals surface area contributed by atoms with E-state index in [9.17, 15) is 4.21 Å². The number of hydrogen-bond donors (Lipinski definition) is 1. The average Bonchev–Trinajstić information content (AvgIpc) is 2.46. The van der Waals surface area contributed by atoms with Crippen LogP contribution < -0.4 is 9.08 Å². The van der Waals surface area contributed by atoms with E-state index >= 15 is 0 Å². The van der Waals surface area contributed by atoms with Gasteiger partial charge in [0.25, 0.3) is 0 Å². The van der Waals surface area contributed by atoms with Crippen LogP contribution in [0.2, 0.25) is 0 Å². The highest BCUT2D eigenvalue weighted by Gasteiger charge is 1.99. The fourth-order valence-corrected chi connectivity index (χ4v) is 1.86. The molecule has 0 heterocycles. The van der Waals surface area contributed by atoms with Crippen LogP contribution in [0.15, 0.2) is 58.8 Å². The fraction of sp³-hybridized carbons (Fsp3) is 0.143.